The van der Waals surface area contributed by atoms with E-state index in [0.717, 1.165) is 44.1 Å². The molecule has 3 saturated heterocycles. The summed E-state index contributed by atoms with van der Waals surface area (Å²) in [6.07, 6.45) is -1.51. The highest BCUT2D eigenvalue weighted by Crippen LogP contribution is 2.70. The number of carbonyl (C=O) groups excluding carboxylic acids is 1. The molecule has 0 aromatic rings. The largest absolute Gasteiger partial charge is 0.458 e. The van der Waals surface area contributed by atoms with Crippen LogP contribution in [0.1, 0.15) is 105 Å². The van der Waals surface area contributed by atoms with Crippen LogP contribution in [0.3, 0.4) is 0 Å². The molecular weight excluding hydrogens is 716 g/mol. The highest BCUT2D eigenvalue weighted by molar-refractivity contribution is 5.85. The fraction of sp³-hybridized carbons (Fsp3) is 0.927. The van der Waals surface area contributed by atoms with Crippen molar-refractivity contribution < 1.29 is 68.6 Å². The van der Waals surface area contributed by atoms with Crippen LogP contribution in [-0.4, -0.2) is 135 Å². The summed E-state index contributed by atoms with van der Waals surface area (Å²) >= 11 is 0. The van der Waals surface area contributed by atoms with E-state index in [4.69, 9.17) is 33.2 Å². The molecule has 0 radical (unpaired) electrons. The van der Waals surface area contributed by atoms with E-state index in [-0.39, 0.29) is 61.1 Å². The summed E-state index contributed by atoms with van der Waals surface area (Å²) in [6, 6.07) is 0. The minimum Gasteiger partial charge on any atom is -0.458 e. The first kappa shape index (κ1) is 40.5. The van der Waals surface area contributed by atoms with Crippen LogP contribution < -0.4 is 0 Å². The minimum absolute atomic E-state index is 0.0452. The van der Waals surface area contributed by atoms with Crippen molar-refractivity contribution in [2.75, 3.05) is 6.61 Å². The SMILES string of the molecule is C[C@H]1O[C@@H](O[C@@H]2[C@H](O)C[C@@H](O[C@@H]3[C@H](O)C[C@@H](O[C@H]4CC[C@@]5(C)[C@@H](CC[C@H]6[C@H]5C[C@@H](O)[C@]5(C)[C@H](C7=CC(=O)OC7)CC[C@]65O)C4)O[C@@H]3C)O[C@@H]2C)C[C@@H](O)[C@H]1O. The van der Waals surface area contributed by atoms with E-state index in [1.165, 1.54) is 0 Å². The molecule has 0 bridgehead atoms. The standard InChI is InChI=1S/C41H64O14/c1-19-36(47)28(42)15-34(50-19)54-38-21(3)52-35(17-30(38)44)55-37-20(2)51-33(16-29(37)43)53-24-8-10-39(4)23(13-24)6-7-26-27(39)14-31(45)40(5)25(9-11-41(26,40)48)22-12-32(46)49-18-22/h12,19-21,23-31,33-38,42-45,47-48H,6-11,13-18H2,1-5H3/t19-,20-,21-,23+,24+,25+,26+,27-,28-,29-,30-,31-,33-,34+,35-,36+,37+,38+,39+,40+,41+/m1/s1. The number of hydrogen-bond donors (Lipinski definition) is 6. The van der Waals surface area contributed by atoms with Crippen LogP contribution in [0.15, 0.2) is 11.6 Å². The first-order chi connectivity index (χ1) is 26.0. The molecule has 7 fully saturated rings. The quantitative estimate of drug-likeness (QED) is 0.162. The molecule has 4 saturated carbocycles. The number of esters is 1. The maximum absolute atomic E-state index is 12.6. The van der Waals surface area contributed by atoms with Crippen molar-refractivity contribution in [2.45, 2.75) is 197 Å². The molecule has 8 rings (SSSR count). The van der Waals surface area contributed by atoms with Gasteiger partial charge in [-0.3, -0.25) is 0 Å². The summed E-state index contributed by atoms with van der Waals surface area (Å²) in [4.78, 5) is 11.9. The van der Waals surface area contributed by atoms with Crippen LogP contribution in [0.2, 0.25) is 0 Å². The molecule has 312 valence electrons. The lowest BCUT2D eigenvalue weighted by atomic mass is 9.42. The summed E-state index contributed by atoms with van der Waals surface area (Å²) in [5.74, 6) is 0.204. The predicted octanol–water partition coefficient (Wildman–Crippen LogP) is 2.22. The average molecular weight is 781 g/mol. The van der Waals surface area contributed by atoms with E-state index in [9.17, 15) is 35.4 Å². The lowest BCUT2D eigenvalue weighted by Gasteiger charge is -2.65. The first-order valence-corrected chi connectivity index (χ1v) is 20.9. The van der Waals surface area contributed by atoms with E-state index in [0.29, 0.717) is 18.8 Å². The second-order valence-corrected chi connectivity index (χ2v) is 18.8. The van der Waals surface area contributed by atoms with Crippen LogP contribution in [0.4, 0.5) is 0 Å². The Balaban J connectivity index is 0.837. The third kappa shape index (κ3) is 6.95. The zero-order chi connectivity index (χ0) is 39.2. The van der Waals surface area contributed by atoms with Crippen LogP contribution in [0.5, 0.6) is 0 Å². The second-order valence-electron chi connectivity index (χ2n) is 18.8. The predicted molar refractivity (Wildman–Crippen MR) is 193 cm³/mol. The fourth-order valence-electron chi connectivity index (χ4n) is 12.8. The Hall–Kier alpha value is -1.27. The van der Waals surface area contributed by atoms with Gasteiger partial charge in [-0.15, -0.1) is 0 Å². The van der Waals surface area contributed by atoms with Gasteiger partial charge in [-0.1, -0.05) is 13.8 Å². The number of carbonyl (C=O) groups is 1. The molecular formula is C41H64O14. The summed E-state index contributed by atoms with van der Waals surface area (Å²) in [6.45, 7) is 9.90. The van der Waals surface area contributed by atoms with Gasteiger partial charge in [-0.2, -0.15) is 0 Å². The van der Waals surface area contributed by atoms with Gasteiger partial charge in [0.05, 0.1) is 54.4 Å². The lowest BCUT2D eigenvalue weighted by Crippen LogP contribution is -2.67. The zero-order valence-corrected chi connectivity index (χ0v) is 32.9. The van der Waals surface area contributed by atoms with Gasteiger partial charge in [0.15, 0.2) is 18.9 Å². The van der Waals surface area contributed by atoms with Crippen molar-refractivity contribution in [1.82, 2.24) is 0 Å². The molecule has 6 N–H and O–H groups in total. The maximum Gasteiger partial charge on any atom is 0.331 e. The third-order valence-corrected chi connectivity index (χ3v) is 16.0. The Morgan fingerprint density at radius 3 is 1.87 bits per heavy atom. The maximum atomic E-state index is 12.6. The number of aliphatic hydroxyl groups is 6. The Kier molecular flexibility index (Phi) is 11.1. The molecule has 0 aromatic heterocycles. The van der Waals surface area contributed by atoms with Crippen LogP contribution >= 0.6 is 0 Å². The molecule has 21 atom stereocenters. The molecule has 14 nitrogen and oxygen atoms in total. The van der Waals surface area contributed by atoms with Crippen molar-refractivity contribution in [3.63, 3.8) is 0 Å². The number of fused-ring (bicyclic) bond motifs is 5. The van der Waals surface area contributed by atoms with Gasteiger partial charge in [0.2, 0.25) is 0 Å². The van der Waals surface area contributed by atoms with Gasteiger partial charge in [-0.25, -0.2) is 4.79 Å². The molecule has 8 aliphatic rings. The van der Waals surface area contributed by atoms with Gasteiger partial charge < -0.3 is 63.8 Å². The lowest BCUT2D eigenvalue weighted by molar-refractivity contribution is -0.336. The van der Waals surface area contributed by atoms with Gasteiger partial charge >= 0.3 is 5.97 Å². The first-order valence-electron chi connectivity index (χ1n) is 20.9. The summed E-state index contributed by atoms with van der Waals surface area (Å²) in [5.41, 5.74) is -0.892. The zero-order valence-electron chi connectivity index (χ0n) is 32.9. The summed E-state index contributed by atoms with van der Waals surface area (Å²) < 4.78 is 42.1. The Labute approximate surface area is 323 Å². The molecule has 4 heterocycles. The van der Waals surface area contributed by atoms with Crippen LogP contribution in [-0.2, 0) is 38.0 Å². The van der Waals surface area contributed by atoms with Crippen LogP contribution in [0.25, 0.3) is 0 Å². The summed E-state index contributed by atoms with van der Waals surface area (Å²) in [5, 5.41) is 66.9. The van der Waals surface area contributed by atoms with Gasteiger partial charge in [0.25, 0.3) is 0 Å². The van der Waals surface area contributed by atoms with E-state index in [2.05, 4.69) is 6.92 Å². The average Bonchev–Trinajstić information content (AvgIpc) is 3.67. The van der Waals surface area contributed by atoms with Crippen molar-refractivity contribution in [2.24, 2.45) is 34.5 Å². The molecule has 55 heavy (non-hydrogen) atoms. The number of rotatable bonds is 7. The summed E-state index contributed by atoms with van der Waals surface area (Å²) in [7, 11) is 0. The smallest absolute Gasteiger partial charge is 0.331 e. The van der Waals surface area contributed by atoms with E-state index in [1.807, 2.05) is 13.8 Å². The van der Waals surface area contributed by atoms with Crippen molar-refractivity contribution in [3.05, 3.63) is 11.6 Å². The monoisotopic (exact) mass is 780 g/mol. The number of aliphatic hydroxyl groups excluding tert-OH is 5. The van der Waals surface area contributed by atoms with Gasteiger partial charge in [0.1, 0.15) is 24.9 Å². The molecule has 0 amide bonds. The van der Waals surface area contributed by atoms with E-state index < -0.39 is 90.9 Å². The third-order valence-electron chi connectivity index (χ3n) is 16.0. The number of hydrogen-bond acceptors (Lipinski definition) is 14. The van der Waals surface area contributed by atoms with Crippen molar-refractivity contribution in [1.29, 1.82) is 0 Å². The molecule has 0 aromatic carbocycles. The highest BCUT2D eigenvalue weighted by Gasteiger charge is 2.71. The van der Waals surface area contributed by atoms with Gasteiger partial charge in [-0.05, 0) is 107 Å². The molecule has 4 aliphatic heterocycles. The second kappa shape index (κ2) is 15.1. The fourth-order valence-corrected chi connectivity index (χ4v) is 12.8. The van der Waals surface area contributed by atoms with E-state index >= 15 is 0 Å². The number of cyclic esters (lactones) is 1. The highest BCUT2D eigenvalue weighted by atomic mass is 16.7. The van der Waals surface area contributed by atoms with Crippen LogP contribution in [0, 0.1) is 34.5 Å². The molecule has 14 heteroatoms. The Morgan fingerprint density at radius 2 is 1.29 bits per heavy atom. The molecule has 0 unspecified atom stereocenters. The number of ether oxygens (including phenoxy) is 7. The van der Waals surface area contributed by atoms with Crippen molar-refractivity contribution >= 4 is 5.97 Å². The molecule has 0 spiro atoms. The Morgan fingerprint density at radius 1 is 0.691 bits per heavy atom. The topological polar surface area (TPSA) is 203 Å². The van der Waals surface area contributed by atoms with E-state index in [1.54, 1.807) is 19.9 Å². The minimum atomic E-state index is -1.01. The van der Waals surface area contributed by atoms with Gasteiger partial charge in [0, 0.05) is 30.8 Å². The van der Waals surface area contributed by atoms with Crippen molar-refractivity contribution in [3.8, 4) is 0 Å². The Bertz CT molecular complexity index is 1410. The molecule has 4 aliphatic carbocycles. The normalized spacial score (nSPS) is 55.5.